The molecule has 0 spiro atoms. The number of methoxy groups -OCH3 is 1. The minimum absolute atomic E-state index is 0.244. The molecule has 0 aliphatic heterocycles. The highest BCUT2D eigenvalue weighted by Gasteiger charge is 2.06. The highest BCUT2D eigenvalue weighted by atomic mass is 19.1. The van der Waals surface area contributed by atoms with Crippen molar-refractivity contribution in [3.63, 3.8) is 0 Å². The summed E-state index contributed by atoms with van der Waals surface area (Å²) in [5.74, 6) is 2.86. The Morgan fingerprint density at radius 3 is 2.77 bits per heavy atom. The van der Waals surface area contributed by atoms with Crippen molar-refractivity contribution in [1.29, 1.82) is 0 Å². The molecule has 0 aliphatic rings. The number of terminal acetylenes is 1. The van der Waals surface area contributed by atoms with E-state index in [0.717, 1.165) is 0 Å². The lowest BCUT2D eigenvalue weighted by Gasteiger charge is -2.07. The number of rotatable bonds is 2. The molecule has 0 N–H and O–H groups in total. The van der Waals surface area contributed by atoms with Crippen molar-refractivity contribution in [2.45, 2.75) is 13.3 Å². The lowest BCUT2D eigenvalue weighted by atomic mass is 10.1. The number of halogens is 1. The van der Waals surface area contributed by atoms with Gasteiger partial charge in [-0.1, -0.05) is 0 Å². The summed E-state index contributed by atoms with van der Waals surface area (Å²) >= 11 is 0. The molecule has 0 aliphatic carbocycles. The Kier molecular flexibility index (Phi) is 2.92. The molecule has 68 valence electrons. The minimum atomic E-state index is -0.244. The molecule has 1 aromatic rings. The molecule has 0 radical (unpaired) electrons. The van der Waals surface area contributed by atoms with E-state index in [9.17, 15) is 4.39 Å². The van der Waals surface area contributed by atoms with Gasteiger partial charge in [0.15, 0.2) is 0 Å². The molecular formula is C11H11FO. The molecule has 0 saturated heterocycles. The van der Waals surface area contributed by atoms with Gasteiger partial charge in [0.1, 0.15) is 11.6 Å². The first-order valence-electron chi connectivity index (χ1n) is 3.95. The van der Waals surface area contributed by atoms with Crippen LogP contribution in [0.2, 0.25) is 0 Å². The molecule has 0 bridgehead atoms. The summed E-state index contributed by atoms with van der Waals surface area (Å²) in [4.78, 5) is 0. The molecule has 0 fully saturated rings. The summed E-state index contributed by atoms with van der Waals surface area (Å²) in [5, 5.41) is 0. The Labute approximate surface area is 77.5 Å². The van der Waals surface area contributed by atoms with Gasteiger partial charge in [-0.05, 0) is 24.6 Å². The average Bonchev–Trinajstić information content (AvgIpc) is 2.11. The summed E-state index contributed by atoms with van der Waals surface area (Å²) in [6, 6.07) is 3.08. The van der Waals surface area contributed by atoms with E-state index in [4.69, 9.17) is 11.2 Å². The molecule has 1 nitrogen and oxygen atoms in total. The second-order valence-electron chi connectivity index (χ2n) is 2.79. The maximum atomic E-state index is 13.1. The number of aryl methyl sites for hydroxylation is 1. The number of hydrogen-bond donors (Lipinski definition) is 0. The van der Waals surface area contributed by atoms with E-state index in [1.807, 2.05) is 0 Å². The van der Waals surface area contributed by atoms with Crippen LogP contribution in [0.25, 0.3) is 0 Å². The molecule has 1 rings (SSSR count). The molecule has 0 aromatic heterocycles. The monoisotopic (exact) mass is 178 g/mol. The largest absolute Gasteiger partial charge is 0.496 e. The van der Waals surface area contributed by atoms with Crippen LogP contribution in [0.4, 0.5) is 4.39 Å². The maximum Gasteiger partial charge on any atom is 0.126 e. The van der Waals surface area contributed by atoms with Gasteiger partial charge in [-0.15, -0.1) is 12.3 Å². The highest BCUT2D eigenvalue weighted by Crippen LogP contribution is 2.22. The van der Waals surface area contributed by atoms with Crippen molar-refractivity contribution in [2.24, 2.45) is 0 Å². The van der Waals surface area contributed by atoms with Gasteiger partial charge in [-0.3, -0.25) is 0 Å². The van der Waals surface area contributed by atoms with Gasteiger partial charge in [-0.25, -0.2) is 4.39 Å². The molecule has 0 amide bonds. The van der Waals surface area contributed by atoms with E-state index in [0.29, 0.717) is 23.3 Å². The summed E-state index contributed by atoms with van der Waals surface area (Å²) in [7, 11) is 1.55. The second kappa shape index (κ2) is 3.95. The SMILES string of the molecule is C#CCc1cc(F)c(C)cc1OC. The van der Waals surface area contributed by atoms with Crippen LogP contribution < -0.4 is 4.74 Å². The van der Waals surface area contributed by atoms with E-state index in [1.54, 1.807) is 20.1 Å². The van der Waals surface area contributed by atoms with Crippen LogP contribution >= 0.6 is 0 Å². The number of benzene rings is 1. The molecule has 0 unspecified atom stereocenters. The van der Waals surface area contributed by atoms with Gasteiger partial charge in [-0.2, -0.15) is 0 Å². The third kappa shape index (κ3) is 2.00. The predicted octanol–water partition coefficient (Wildman–Crippen LogP) is 2.32. The van der Waals surface area contributed by atoms with Gasteiger partial charge in [0.2, 0.25) is 0 Å². The van der Waals surface area contributed by atoms with Gasteiger partial charge in [0.05, 0.1) is 7.11 Å². The van der Waals surface area contributed by atoms with Crippen molar-refractivity contribution in [1.82, 2.24) is 0 Å². The lowest BCUT2D eigenvalue weighted by Crippen LogP contribution is -1.94. The summed E-state index contributed by atoms with van der Waals surface area (Å²) < 4.78 is 18.2. The molecule has 2 heteroatoms. The van der Waals surface area contributed by atoms with E-state index in [-0.39, 0.29) is 5.82 Å². The molecule has 0 saturated carbocycles. The first kappa shape index (κ1) is 9.60. The van der Waals surface area contributed by atoms with Crippen molar-refractivity contribution < 1.29 is 9.13 Å². The summed E-state index contributed by atoms with van der Waals surface area (Å²) in [6.07, 6.45) is 5.53. The number of hydrogen-bond acceptors (Lipinski definition) is 1. The van der Waals surface area contributed by atoms with Crippen LogP contribution in [0.3, 0.4) is 0 Å². The van der Waals surface area contributed by atoms with Crippen LogP contribution in [0.15, 0.2) is 12.1 Å². The van der Waals surface area contributed by atoms with Gasteiger partial charge in [0.25, 0.3) is 0 Å². The van der Waals surface area contributed by atoms with Crippen molar-refractivity contribution in [3.8, 4) is 18.1 Å². The average molecular weight is 178 g/mol. The Hall–Kier alpha value is -1.49. The summed E-state index contributed by atoms with van der Waals surface area (Å²) in [6.45, 7) is 1.69. The third-order valence-electron chi connectivity index (χ3n) is 1.85. The quantitative estimate of drug-likeness (QED) is 0.631. The molecule has 0 heterocycles. The smallest absolute Gasteiger partial charge is 0.126 e. The Morgan fingerprint density at radius 2 is 2.23 bits per heavy atom. The fourth-order valence-electron chi connectivity index (χ4n) is 1.13. The van der Waals surface area contributed by atoms with E-state index in [2.05, 4.69) is 5.92 Å². The molecular weight excluding hydrogens is 167 g/mol. The van der Waals surface area contributed by atoms with E-state index >= 15 is 0 Å². The van der Waals surface area contributed by atoms with Gasteiger partial charge < -0.3 is 4.74 Å². The van der Waals surface area contributed by atoms with E-state index in [1.165, 1.54) is 6.07 Å². The zero-order chi connectivity index (χ0) is 9.84. The zero-order valence-corrected chi connectivity index (χ0v) is 7.73. The first-order valence-corrected chi connectivity index (χ1v) is 3.95. The Balaban J connectivity index is 3.18. The van der Waals surface area contributed by atoms with Crippen molar-refractivity contribution in [3.05, 3.63) is 29.1 Å². The topological polar surface area (TPSA) is 9.23 Å². The van der Waals surface area contributed by atoms with Crippen LogP contribution in [-0.2, 0) is 6.42 Å². The molecule has 13 heavy (non-hydrogen) atoms. The Morgan fingerprint density at radius 1 is 1.54 bits per heavy atom. The highest BCUT2D eigenvalue weighted by molar-refractivity contribution is 5.39. The predicted molar refractivity (Wildman–Crippen MR) is 50.2 cm³/mol. The third-order valence-corrected chi connectivity index (χ3v) is 1.85. The second-order valence-corrected chi connectivity index (χ2v) is 2.79. The van der Waals surface area contributed by atoms with Crippen LogP contribution in [0, 0.1) is 25.1 Å². The zero-order valence-electron chi connectivity index (χ0n) is 7.73. The van der Waals surface area contributed by atoms with Crippen LogP contribution in [0.5, 0.6) is 5.75 Å². The molecule has 1 aromatic carbocycles. The Bertz CT molecular complexity index is 350. The first-order chi connectivity index (χ1) is 6.19. The molecule has 0 atom stereocenters. The maximum absolute atomic E-state index is 13.1. The summed E-state index contributed by atoms with van der Waals surface area (Å²) in [5.41, 5.74) is 1.28. The van der Waals surface area contributed by atoms with Gasteiger partial charge >= 0.3 is 0 Å². The minimum Gasteiger partial charge on any atom is -0.496 e. The van der Waals surface area contributed by atoms with Crippen LogP contribution in [-0.4, -0.2) is 7.11 Å². The van der Waals surface area contributed by atoms with Crippen molar-refractivity contribution >= 4 is 0 Å². The van der Waals surface area contributed by atoms with Crippen LogP contribution in [0.1, 0.15) is 11.1 Å². The normalized spacial score (nSPS) is 9.38. The lowest BCUT2D eigenvalue weighted by molar-refractivity contribution is 0.409. The number of ether oxygens (including phenoxy) is 1. The van der Waals surface area contributed by atoms with E-state index < -0.39 is 0 Å². The fraction of sp³-hybridized carbons (Fsp3) is 0.273. The van der Waals surface area contributed by atoms with Crippen molar-refractivity contribution in [2.75, 3.05) is 7.11 Å². The fourth-order valence-corrected chi connectivity index (χ4v) is 1.13. The standard InChI is InChI=1S/C11H11FO/c1-4-5-9-7-10(12)8(2)6-11(9)13-3/h1,6-7H,5H2,2-3H3. The van der Waals surface area contributed by atoms with Gasteiger partial charge in [0, 0.05) is 12.0 Å².